The van der Waals surface area contributed by atoms with Crippen LogP contribution in [-0.2, 0) is 54.1 Å². The standard InChI is InChI=1S/C28H47NO11/c30-27(7-8-28(31)32)29-9-4-10-33-11-12-34-13-14-35-15-16-36-17-18-37-19-20-38-21-22-39-23-24-40-25-26-5-2-1-3-6-26/h1-3,5-6H,4,7-25H2,(H,29,30)(H,31,32). The Balaban J connectivity index is 1.65. The molecule has 0 bridgehead atoms. The first-order chi connectivity index (χ1) is 19.7. The number of ether oxygens (including phenoxy) is 8. The molecule has 0 aliphatic rings. The van der Waals surface area contributed by atoms with E-state index in [1.54, 1.807) is 0 Å². The second-order valence-corrected chi connectivity index (χ2v) is 8.42. The highest BCUT2D eigenvalue weighted by Gasteiger charge is 2.04. The summed E-state index contributed by atoms with van der Waals surface area (Å²) < 4.78 is 43.6. The highest BCUT2D eigenvalue weighted by atomic mass is 16.6. The molecule has 0 fully saturated rings. The molecule has 0 spiro atoms. The SMILES string of the molecule is O=C(O)CCC(=O)NCCCOCCOCCOCCOCCOCCOCCOCCOCc1ccccc1. The monoisotopic (exact) mass is 573 g/mol. The number of hydrogen-bond acceptors (Lipinski definition) is 10. The third kappa shape index (κ3) is 26.1. The van der Waals surface area contributed by atoms with E-state index in [0.717, 1.165) is 5.56 Å². The number of aliphatic carboxylic acids is 1. The van der Waals surface area contributed by atoms with Crippen molar-refractivity contribution in [3.63, 3.8) is 0 Å². The van der Waals surface area contributed by atoms with Crippen LogP contribution < -0.4 is 5.32 Å². The molecule has 230 valence electrons. The molecule has 1 amide bonds. The van der Waals surface area contributed by atoms with Crippen molar-refractivity contribution >= 4 is 11.9 Å². The first-order valence-electron chi connectivity index (χ1n) is 13.8. The van der Waals surface area contributed by atoms with Gasteiger partial charge in [-0.1, -0.05) is 30.3 Å². The quantitative estimate of drug-likeness (QED) is 0.130. The highest BCUT2D eigenvalue weighted by Crippen LogP contribution is 2.00. The minimum atomic E-state index is -0.980. The Labute approximate surface area is 237 Å². The molecule has 0 aliphatic carbocycles. The van der Waals surface area contributed by atoms with Gasteiger partial charge in [-0.2, -0.15) is 0 Å². The summed E-state index contributed by atoms with van der Waals surface area (Å²) in [7, 11) is 0. The lowest BCUT2D eigenvalue weighted by Crippen LogP contribution is -2.25. The summed E-state index contributed by atoms with van der Waals surface area (Å²) in [4.78, 5) is 21.7. The molecule has 0 aromatic heterocycles. The van der Waals surface area contributed by atoms with Crippen LogP contribution in [0.3, 0.4) is 0 Å². The Bertz CT molecular complexity index is 709. The minimum absolute atomic E-state index is 0.00596. The molecule has 1 aromatic rings. The van der Waals surface area contributed by atoms with Gasteiger partial charge in [0.1, 0.15) is 0 Å². The fraction of sp³-hybridized carbons (Fsp3) is 0.714. The van der Waals surface area contributed by atoms with E-state index in [1.807, 2.05) is 30.3 Å². The summed E-state index contributed by atoms with van der Waals surface area (Å²) in [5, 5.41) is 11.2. The van der Waals surface area contributed by atoms with E-state index in [0.29, 0.717) is 119 Å². The number of hydrogen-bond donors (Lipinski definition) is 2. The normalized spacial score (nSPS) is 11.1. The van der Waals surface area contributed by atoms with Crippen molar-refractivity contribution in [1.29, 1.82) is 0 Å². The van der Waals surface area contributed by atoms with Crippen LogP contribution in [0.1, 0.15) is 24.8 Å². The third-order valence-electron chi connectivity index (χ3n) is 5.07. The number of carbonyl (C=O) groups excluding carboxylic acids is 1. The van der Waals surface area contributed by atoms with Gasteiger partial charge in [-0.3, -0.25) is 9.59 Å². The lowest BCUT2D eigenvalue weighted by atomic mass is 10.2. The van der Waals surface area contributed by atoms with Crippen LogP contribution in [0.2, 0.25) is 0 Å². The Morgan fingerprint density at radius 1 is 0.550 bits per heavy atom. The number of carboxylic acid groups (broad SMARTS) is 1. The van der Waals surface area contributed by atoms with Crippen LogP contribution in [0, 0.1) is 0 Å². The predicted octanol–water partition coefficient (Wildman–Crippen LogP) is 1.69. The molecule has 1 rings (SSSR count). The maximum atomic E-state index is 11.3. The van der Waals surface area contributed by atoms with Crippen molar-refractivity contribution < 1.29 is 52.6 Å². The topological polar surface area (TPSA) is 140 Å². The molecule has 0 atom stereocenters. The molecule has 0 radical (unpaired) electrons. The molecule has 0 aliphatic heterocycles. The van der Waals surface area contributed by atoms with E-state index in [4.69, 9.17) is 43.0 Å². The van der Waals surface area contributed by atoms with Crippen molar-refractivity contribution in [1.82, 2.24) is 5.32 Å². The lowest BCUT2D eigenvalue weighted by molar-refractivity contribution is -0.138. The van der Waals surface area contributed by atoms with Gasteiger partial charge in [0.2, 0.25) is 5.91 Å². The van der Waals surface area contributed by atoms with E-state index < -0.39 is 5.97 Å². The summed E-state index contributed by atoms with van der Waals surface area (Å²) in [6.45, 7) is 8.54. The highest BCUT2D eigenvalue weighted by molar-refractivity contribution is 5.80. The molecule has 12 nitrogen and oxygen atoms in total. The number of benzene rings is 1. The van der Waals surface area contributed by atoms with Gasteiger partial charge in [0.15, 0.2) is 0 Å². The molecular weight excluding hydrogens is 526 g/mol. The van der Waals surface area contributed by atoms with Crippen LogP contribution in [0.15, 0.2) is 30.3 Å². The lowest BCUT2D eigenvalue weighted by Gasteiger charge is -2.09. The molecule has 0 saturated heterocycles. The molecule has 2 N–H and O–H groups in total. The van der Waals surface area contributed by atoms with Gasteiger partial charge in [-0.05, 0) is 12.0 Å². The Morgan fingerprint density at radius 2 is 0.950 bits per heavy atom. The fourth-order valence-corrected chi connectivity index (χ4v) is 3.01. The third-order valence-corrected chi connectivity index (χ3v) is 5.07. The van der Waals surface area contributed by atoms with Gasteiger partial charge in [0.25, 0.3) is 0 Å². The van der Waals surface area contributed by atoms with Crippen molar-refractivity contribution in [2.75, 3.05) is 106 Å². The van der Waals surface area contributed by atoms with Crippen LogP contribution in [-0.4, -0.2) is 123 Å². The molecular formula is C28H47NO11. The summed E-state index contributed by atoms with van der Waals surface area (Å²) in [5.41, 5.74) is 1.15. The second-order valence-electron chi connectivity index (χ2n) is 8.42. The van der Waals surface area contributed by atoms with Crippen molar-refractivity contribution in [2.24, 2.45) is 0 Å². The number of amides is 1. The zero-order valence-electron chi connectivity index (χ0n) is 23.6. The van der Waals surface area contributed by atoms with Crippen molar-refractivity contribution in [3.05, 3.63) is 35.9 Å². The average Bonchev–Trinajstić information content (AvgIpc) is 2.96. The average molecular weight is 574 g/mol. The van der Waals surface area contributed by atoms with E-state index in [1.165, 1.54) is 0 Å². The van der Waals surface area contributed by atoms with E-state index in [9.17, 15) is 9.59 Å². The molecule has 1 aromatic carbocycles. The smallest absolute Gasteiger partial charge is 0.303 e. The largest absolute Gasteiger partial charge is 0.481 e. The Morgan fingerprint density at radius 3 is 1.38 bits per heavy atom. The maximum Gasteiger partial charge on any atom is 0.303 e. The zero-order valence-corrected chi connectivity index (χ0v) is 23.6. The second kappa shape index (κ2) is 28.4. The van der Waals surface area contributed by atoms with Crippen molar-refractivity contribution in [3.8, 4) is 0 Å². The van der Waals surface area contributed by atoms with E-state index in [2.05, 4.69) is 5.32 Å². The summed E-state index contributed by atoms with van der Waals surface area (Å²) in [5.74, 6) is -1.24. The molecule has 40 heavy (non-hydrogen) atoms. The summed E-state index contributed by atoms with van der Waals surface area (Å²) in [6, 6.07) is 10.0. The Hall–Kier alpha value is -2.16. The number of carbonyl (C=O) groups is 2. The number of rotatable bonds is 30. The predicted molar refractivity (Wildman–Crippen MR) is 146 cm³/mol. The zero-order chi connectivity index (χ0) is 28.8. The van der Waals surface area contributed by atoms with Crippen LogP contribution in [0.4, 0.5) is 0 Å². The van der Waals surface area contributed by atoms with E-state index >= 15 is 0 Å². The van der Waals surface area contributed by atoms with Crippen molar-refractivity contribution in [2.45, 2.75) is 25.9 Å². The molecule has 0 unspecified atom stereocenters. The van der Waals surface area contributed by atoms with Crippen LogP contribution in [0.5, 0.6) is 0 Å². The van der Waals surface area contributed by atoms with Gasteiger partial charge >= 0.3 is 5.97 Å². The van der Waals surface area contributed by atoms with Gasteiger partial charge < -0.3 is 48.3 Å². The number of nitrogens with one attached hydrogen (secondary N) is 1. The summed E-state index contributed by atoms with van der Waals surface area (Å²) in [6.07, 6.45) is 0.491. The number of carboxylic acids is 1. The van der Waals surface area contributed by atoms with Gasteiger partial charge in [0, 0.05) is 19.6 Å². The fourth-order valence-electron chi connectivity index (χ4n) is 3.01. The Kier molecular flexibility index (Phi) is 25.4. The molecule has 0 heterocycles. The molecule has 0 saturated carbocycles. The van der Waals surface area contributed by atoms with E-state index in [-0.39, 0.29) is 18.7 Å². The first kappa shape index (κ1) is 35.9. The van der Waals surface area contributed by atoms with Gasteiger partial charge in [-0.25, -0.2) is 0 Å². The minimum Gasteiger partial charge on any atom is -0.481 e. The summed E-state index contributed by atoms with van der Waals surface area (Å²) >= 11 is 0. The maximum absolute atomic E-state index is 11.3. The van der Waals surface area contributed by atoms with Crippen LogP contribution >= 0.6 is 0 Å². The first-order valence-corrected chi connectivity index (χ1v) is 13.8. The van der Waals surface area contributed by atoms with Gasteiger partial charge in [0.05, 0.1) is 106 Å². The van der Waals surface area contributed by atoms with Gasteiger partial charge in [-0.15, -0.1) is 0 Å². The molecule has 12 heteroatoms. The van der Waals surface area contributed by atoms with Crippen LogP contribution in [0.25, 0.3) is 0 Å².